The van der Waals surface area contributed by atoms with Crippen molar-refractivity contribution < 1.29 is 14.1 Å². The van der Waals surface area contributed by atoms with E-state index in [1.54, 1.807) is 7.11 Å². The van der Waals surface area contributed by atoms with Gasteiger partial charge in [0.2, 0.25) is 17.6 Å². The lowest BCUT2D eigenvalue weighted by Crippen LogP contribution is -2.17. The zero-order valence-corrected chi connectivity index (χ0v) is 17.3. The fourth-order valence-corrected chi connectivity index (χ4v) is 2.70. The Morgan fingerprint density at radius 1 is 1.14 bits per heavy atom. The van der Waals surface area contributed by atoms with Crippen LogP contribution in [0, 0.1) is 0 Å². The van der Waals surface area contributed by atoms with Crippen LogP contribution >= 0.6 is 12.4 Å². The molecule has 2 aromatic carbocycles. The van der Waals surface area contributed by atoms with Crippen molar-refractivity contribution in [3.8, 4) is 17.1 Å². The number of hydrogen-bond acceptors (Lipinski definition) is 6. The number of rotatable bonds is 9. The van der Waals surface area contributed by atoms with Crippen molar-refractivity contribution in [3.05, 3.63) is 60.0 Å². The lowest BCUT2D eigenvalue weighted by atomic mass is 10.1. The zero-order valence-electron chi connectivity index (χ0n) is 16.5. The SMILES string of the molecule is CCNCc1ccccc1NC(=O)CCc1nc(-c2ccc(OC)cc2)no1.Cl. The van der Waals surface area contributed by atoms with Gasteiger partial charge in [-0.3, -0.25) is 4.79 Å². The molecule has 0 radical (unpaired) electrons. The third-order valence-corrected chi connectivity index (χ3v) is 4.24. The van der Waals surface area contributed by atoms with E-state index in [2.05, 4.69) is 20.8 Å². The van der Waals surface area contributed by atoms with Crippen LogP contribution in [0.4, 0.5) is 5.69 Å². The van der Waals surface area contributed by atoms with Crippen molar-refractivity contribution in [1.82, 2.24) is 15.5 Å². The highest BCUT2D eigenvalue weighted by atomic mass is 35.5. The minimum absolute atomic E-state index is 0. The number of aryl methyl sites for hydroxylation is 1. The summed E-state index contributed by atoms with van der Waals surface area (Å²) in [7, 11) is 1.62. The summed E-state index contributed by atoms with van der Waals surface area (Å²) in [6.45, 7) is 3.63. The number of methoxy groups -OCH3 is 1. The lowest BCUT2D eigenvalue weighted by molar-refractivity contribution is -0.116. The Morgan fingerprint density at radius 2 is 1.90 bits per heavy atom. The molecule has 0 bridgehead atoms. The third kappa shape index (κ3) is 6.30. The van der Waals surface area contributed by atoms with E-state index >= 15 is 0 Å². The van der Waals surface area contributed by atoms with Crippen LogP contribution in [-0.2, 0) is 17.8 Å². The summed E-state index contributed by atoms with van der Waals surface area (Å²) in [5.41, 5.74) is 2.70. The number of carbonyl (C=O) groups excluding carboxylic acids is 1. The summed E-state index contributed by atoms with van der Waals surface area (Å²) in [4.78, 5) is 16.7. The number of halogens is 1. The van der Waals surface area contributed by atoms with E-state index in [9.17, 15) is 4.79 Å². The van der Waals surface area contributed by atoms with Crippen LogP contribution in [0.1, 0.15) is 24.8 Å². The predicted molar refractivity (Wildman–Crippen MR) is 114 cm³/mol. The van der Waals surface area contributed by atoms with Gasteiger partial charge < -0.3 is 19.9 Å². The van der Waals surface area contributed by atoms with Gasteiger partial charge in [-0.1, -0.05) is 30.3 Å². The molecular formula is C21H25ClN4O3. The molecule has 3 aromatic rings. The minimum atomic E-state index is -0.0897. The maximum Gasteiger partial charge on any atom is 0.227 e. The van der Waals surface area contributed by atoms with Crippen LogP contribution in [0.15, 0.2) is 53.1 Å². The summed E-state index contributed by atoms with van der Waals surface area (Å²) in [6, 6.07) is 15.2. The van der Waals surface area contributed by atoms with Crippen LogP contribution in [-0.4, -0.2) is 29.7 Å². The molecule has 154 valence electrons. The monoisotopic (exact) mass is 416 g/mol. The fourth-order valence-electron chi connectivity index (χ4n) is 2.70. The Hall–Kier alpha value is -2.90. The second kappa shape index (κ2) is 11.2. The third-order valence-electron chi connectivity index (χ3n) is 4.24. The van der Waals surface area contributed by atoms with Gasteiger partial charge in [0.1, 0.15) is 5.75 Å². The molecule has 8 heteroatoms. The van der Waals surface area contributed by atoms with E-state index in [1.807, 2.05) is 55.5 Å². The average molecular weight is 417 g/mol. The molecule has 0 aliphatic heterocycles. The van der Waals surface area contributed by atoms with Gasteiger partial charge in [-0.15, -0.1) is 12.4 Å². The summed E-state index contributed by atoms with van der Waals surface area (Å²) in [5, 5.41) is 10.2. The second-order valence-electron chi connectivity index (χ2n) is 6.23. The van der Waals surface area contributed by atoms with Crippen molar-refractivity contribution >= 4 is 24.0 Å². The molecule has 29 heavy (non-hydrogen) atoms. The predicted octanol–water partition coefficient (Wildman–Crippen LogP) is 3.85. The molecule has 3 rings (SSSR count). The van der Waals surface area contributed by atoms with E-state index in [-0.39, 0.29) is 24.7 Å². The lowest BCUT2D eigenvalue weighted by Gasteiger charge is -2.11. The standard InChI is InChI=1S/C21H24N4O3.ClH/c1-3-22-14-16-6-4-5-7-18(16)23-19(26)12-13-20-24-21(25-28-20)15-8-10-17(27-2)11-9-15;/h4-11,22H,3,12-14H2,1-2H3,(H,23,26);1H. The summed E-state index contributed by atoms with van der Waals surface area (Å²) in [6.07, 6.45) is 0.643. The van der Waals surface area contributed by atoms with Crippen molar-refractivity contribution in [1.29, 1.82) is 0 Å². The first-order chi connectivity index (χ1) is 13.7. The van der Waals surface area contributed by atoms with Crippen molar-refractivity contribution in [3.63, 3.8) is 0 Å². The molecule has 0 saturated carbocycles. The molecule has 0 aliphatic rings. The quantitative estimate of drug-likeness (QED) is 0.550. The van der Waals surface area contributed by atoms with Crippen LogP contribution < -0.4 is 15.4 Å². The number of benzene rings is 2. The molecule has 1 aromatic heterocycles. The second-order valence-corrected chi connectivity index (χ2v) is 6.23. The Morgan fingerprint density at radius 3 is 2.62 bits per heavy atom. The number of nitrogens with one attached hydrogen (secondary N) is 2. The number of anilines is 1. The van der Waals surface area contributed by atoms with E-state index in [4.69, 9.17) is 9.26 Å². The number of ether oxygens (including phenoxy) is 1. The topological polar surface area (TPSA) is 89.3 Å². The van der Waals surface area contributed by atoms with Gasteiger partial charge in [-0.05, 0) is 42.4 Å². The van der Waals surface area contributed by atoms with E-state index < -0.39 is 0 Å². The van der Waals surface area contributed by atoms with Crippen LogP contribution in [0.2, 0.25) is 0 Å². The van der Waals surface area contributed by atoms with Gasteiger partial charge in [0.15, 0.2) is 0 Å². The van der Waals surface area contributed by atoms with Crippen LogP contribution in [0.5, 0.6) is 5.75 Å². The van der Waals surface area contributed by atoms with Crippen LogP contribution in [0.3, 0.4) is 0 Å². The first kappa shape index (κ1) is 22.4. The molecule has 0 saturated heterocycles. The fraction of sp³-hybridized carbons (Fsp3) is 0.286. The molecule has 0 unspecified atom stereocenters. The number of para-hydroxylation sites is 1. The molecular weight excluding hydrogens is 392 g/mol. The first-order valence-electron chi connectivity index (χ1n) is 9.25. The van der Waals surface area contributed by atoms with Crippen LogP contribution in [0.25, 0.3) is 11.4 Å². The minimum Gasteiger partial charge on any atom is -0.497 e. The number of nitrogens with zero attached hydrogens (tertiary/aromatic N) is 2. The van der Waals surface area contributed by atoms with Gasteiger partial charge in [0, 0.05) is 30.6 Å². The first-order valence-corrected chi connectivity index (χ1v) is 9.25. The summed E-state index contributed by atoms with van der Waals surface area (Å²) in [5.74, 6) is 1.60. The smallest absolute Gasteiger partial charge is 0.227 e. The van der Waals surface area contributed by atoms with Gasteiger partial charge in [-0.2, -0.15) is 4.98 Å². The van der Waals surface area contributed by atoms with Gasteiger partial charge in [-0.25, -0.2) is 0 Å². The summed E-state index contributed by atoms with van der Waals surface area (Å²) < 4.78 is 10.4. The highest BCUT2D eigenvalue weighted by molar-refractivity contribution is 5.91. The molecule has 1 heterocycles. The average Bonchev–Trinajstić information content (AvgIpc) is 3.21. The molecule has 7 nitrogen and oxygen atoms in total. The summed E-state index contributed by atoms with van der Waals surface area (Å²) >= 11 is 0. The van der Waals surface area contributed by atoms with Crippen molar-refractivity contribution in [2.45, 2.75) is 26.3 Å². The molecule has 2 N–H and O–H groups in total. The molecule has 0 spiro atoms. The molecule has 0 aliphatic carbocycles. The van der Waals surface area contributed by atoms with Gasteiger partial charge in [0.25, 0.3) is 0 Å². The highest BCUT2D eigenvalue weighted by Crippen LogP contribution is 2.20. The van der Waals surface area contributed by atoms with Gasteiger partial charge in [0.05, 0.1) is 7.11 Å². The molecule has 0 atom stereocenters. The largest absolute Gasteiger partial charge is 0.497 e. The maximum absolute atomic E-state index is 12.3. The number of aromatic nitrogens is 2. The van der Waals surface area contributed by atoms with E-state index in [0.29, 0.717) is 24.7 Å². The Bertz CT molecular complexity index is 912. The molecule has 1 amide bonds. The van der Waals surface area contributed by atoms with Crippen molar-refractivity contribution in [2.24, 2.45) is 0 Å². The Balaban J connectivity index is 0.00000300. The van der Waals surface area contributed by atoms with Gasteiger partial charge >= 0.3 is 0 Å². The zero-order chi connectivity index (χ0) is 19.8. The van der Waals surface area contributed by atoms with E-state index in [0.717, 1.165) is 29.1 Å². The van der Waals surface area contributed by atoms with E-state index in [1.165, 1.54) is 0 Å². The van der Waals surface area contributed by atoms with Crippen molar-refractivity contribution in [2.75, 3.05) is 19.0 Å². The number of amides is 1. The normalized spacial score (nSPS) is 10.3. The molecule has 0 fully saturated rings. The highest BCUT2D eigenvalue weighted by Gasteiger charge is 2.12. The Kier molecular flexibility index (Phi) is 8.64. The maximum atomic E-state index is 12.3. The Labute approximate surface area is 176 Å². The number of carbonyl (C=O) groups is 1. The number of hydrogen-bond donors (Lipinski definition) is 2.